The first-order valence-electron chi connectivity index (χ1n) is 8.91. The summed E-state index contributed by atoms with van der Waals surface area (Å²) in [4.78, 5) is 39.4. The molecule has 1 unspecified atom stereocenters. The molecule has 1 amide bonds. The molecule has 0 spiro atoms. The molecule has 0 radical (unpaired) electrons. The fraction of sp³-hybridized carbons (Fsp3) is 0.238. The van der Waals surface area contributed by atoms with E-state index in [0.717, 1.165) is 10.5 Å². The zero-order chi connectivity index (χ0) is 20.3. The minimum absolute atomic E-state index is 0.109. The molecule has 1 N–H and O–H groups in total. The fourth-order valence-corrected chi connectivity index (χ4v) is 3.05. The molecule has 28 heavy (non-hydrogen) atoms. The van der Waals surface area contributed by atoms with Crippen LogP contribution < -0.4 is 10.3 Å². The van der Waals surface area contributed by atoms with Crippen LogP contribution in [0.25, 0.3) is 0 Å². The van der Waals surface area contributed by atoms with Gasteiger partial charge in [-0.3, -0.25) is 19.9 Å². The molecule has 7 heteroatoms. The summed E-state index contributed by atoms with van der Waals surface area (Å²) in [7, 11) is 0. The highest BCUT2D eigenvalue weighted by Gasteiger charge is 2.60. The van der Waals surface area contributed by atoms with Gasteiger partial charge in [0.15, 0.2) is 11.3 Å². The highest BCUT2D eigenvalue weighted by Crippen LogP contribution is 2.33. The number of amides is 1. The maximum Gasteiger partial charge on any atom is 0.338 e. The van der Waals surface area contributed by atoms with Crippen LogP contribution in [-0.4, -0.2) is 35.5 Å². The second kappa shape index (κ2) is 7.64. The van der Waals surface area contributed by atoms with Crippen molar-refractivity contribution in [3.05, 3.63) is 60.2 Å². The molecule has 1 aliphatic heterocycles. The average Bonchev–Trinajstić information content (AvgIpc) is 2.89. The van der Waals surface area contributed by atoms with Crippen LogP contribution in [0.4, 0.5) is 11.4 Å². The number of nitrogens with one attached hydrogen (secondary N) is 1. The van der Waals surface area contributed by atoms with Crippen LogP contribution in [0.3, 0.4) is 0 Å². The van der Waals surface area contributed by atoms with Crippen LogP contribution in [0.1, 0.15) is 19.4 Å². The van der Waals surface area contributed by atoms with Crippen LogP contribution >= 0.6 is 0 Å². The molecular weight excluding hydrogens is 358 g/mol. The molecule has 7 nitrogen and oxygen atoms in total. The molecule has 0 bridgehead atoms. The standard InChI is InChI=1S/C21H21N3O4/c1-4-28-20(27)21(3)18(23-22-15-12-10-14(2)11-13-15)17(25)19(26)24(21)16-8-6-5-7-9-16/h5-13,22H,4H2,1-3H3. The second-order valence-electron chi connectivity index (χ2n) is 6.54. The summed E-state index contributed by atoms with van der Waals surface area (Å²) in [5.74, 6) is -2.40. The number of nitrogens with zero attached hydrogens (tertiary/aromatic N) is 2. The molecule has 1 atom stereocenters. The van der Waals surface area contributed by atoms with Crippen LogP contribution in [0, 0.1) is 6.92 Å². The Balaban J connectivity index is 2.07. The molecule has 0 saturated carbocycles. The van der Waals surface area contributed by atoms with Crippen LogP contribution in [0.2, 0.25) is 0 Å². The number of esters is 1. The number of para-hydroxylation sites is 1. The second-order valence-corrected chi connectivity index (χ2v) is 6.54. The normalized spacial score (nSPS) is 20.5. The Kier molecular flexibility index (Phi) is 5.26. The Morgan fingerprint density at radius 3 is 2.36 bits per heavy atom. The van der Waals surface area contributed by atoms with Crippen molar-refractivity contribution >= 4 is 34.7 Å². The van der Waals surface area contributed by atoms with Crippen molar-refractivity contribution in [3.63, 3.8) is 0 Å². The van der Waals surface area contributed by atoms with E-state index in [-0.39, 0.29) is 12.3 Å². The molecule has 1 saturated heterocycles. The quantitative estimate of drug-likeness (QED) is 0.490. The van der Waals surface area contributed by atoms with E-state index < -0.39 is 23.2 Å². The van der Waals surface area contributed by atoms with E-state index in [9.17, 15) is 14.4 Å². The summed E-state index contributed by atoms with van der Waals surface area (Å²) in [5, 5.41) is 4.14. The van der Waals surface area contributed by atoms with Gasteiger partial charge < -0.3 is 4.74 Å². The number of hydrogen-bond donors (Lipinski definition) is 1. The van der Waals surface area contributed by atoms with Crippen molar-refractivity contribution in [2.24, 2.45) is 5.10 Å². The zero-order valence-corrected chi connectivity index (χ0v) is 15.9. The number of anilines is 2. The van der Waals surface area contributed by atoms with Crippen LogP contribution in [-0.2, 0) is 19.1 Å². The number of hydrogen-bond acceptors (Lipinski definition) is 6. The van der Waals surface area contributed by atoms with Gasteiger partial charge >= 0.3 is 11.9 Å². The van der Waals surface area contributed by atoms with Crippen molar-refractivity contribution in [1.29, 1.82) is 0 Å². The summed E-state index contributed by atoms with van der Waals surface area (Å²) in [6.07, 6.45) is 0. The molecule has 144 valence electrons. The van der Waals surface area contributed by atoms with Crippen molar-refractivity contribution < 1.29 is 19.1 Å². The fourth-order valence-electron chi connectivity index (χ4n) is 3.05. The molecule has 1 fully saturated rings. The number of ether oxygens (including phenoxy) is 1. The molecule has 3 rings (SSSR count). The number of rotatable bonds is 5. The third-order valence-electron chi connectivity index (χ3n) is 4.56. The summed E-state index contributed by atoms with van der Waals surface area (Å²) in [6, 6.07) is 15.9. The van der Waals surface area contributed by atoms with Gasteiger partial charge in [-0.1, -0.05) is 35.9 Å². The lowest BCUT2D eigenvalue weighted by molar-refractivity contribution is -0.147. The number of carbonyl (C=O) groups is 3. The Morgan fingerprint density at radius 2 is 1.75 bits per heavy atom. The lowest BCUT2D eigenvalue weighted by Crippen LogP contribution is -2.55. The lowest BCUT2D eigenvalue weighted by Gasteiger charge is -2.31. The Labute approximate surface area is 163 Å². The van der Waals surface area contributed by atoms with Gasteiger partial charge in [-0.15, -0.1) is 0 Å². The van der Waals surface area contributed by atoms with Crippen molar-refractivity contribution in [2.45, 2.75) is 26.3 Å². The van der Waals surface area contributed by atoms with Crippen molar-refractivity contribution in [3.8, 4) is 0 Å². The Morgan fingerprint density at radius 1 is 1.11 bits per heavy atom. The van der Waals surface area contributed by atoms with E-state index >= 15 is 0 Å². The van der Waals surface area contributed by atoms with Gasteiger partial charge in [-0.2, -0.15) is 5.10 Å². The molecule has 1 heterocycles. The van der Waals surface area contributed by atoms with Crippen molar-refractivity contribution in [2.75, 3.05) is 16.9 Å². The number of ketones is 1. The van der Waals surface area contributed by atoms with Gasteiger partial charge in [-0.05, 0) is 45.0 Å². The SMILES string of the molecule is CCOC(=O)C1(C)C(=NNc2ccc(C)cc2)C(=O)C(=O)N1c1ccccc1. The van der Waals surface area contributed by atoms with E-state index in [1.165, 1.54) is 6.92 Å². The predicted octanol–water partition coefficient (Wildman–Crippen LogP) is 2.70. The van der Waals surface area contributed by atoms with Crippen LogP contribution in [0.15, 0.2) is 59.7 Å². The minimum atomic E-state index is -1.68. The third-order valence-corrected chi connectivity index (χ3v) is 4.56. The minimum Gasteiger partial charge on any atom is -0.464 e. The monoisotopic (exact) mass is 379 g/mol. The number of hydrazone groups is 1. The van der Waals surface area contributed by atoms with E-state index in [2.05, 4.69) is 10.5 Å². The van der Waals surface area contributed by atoms with E-state index in [0.29, 0.717) is 11.4 Å². The predicted molar refractivity (Wildman–Crippen MR) is 106 cm³/mol. The first-order chi connectivity index (χ1) is 13.4. The molecule has 1 aliphatic rings. The first-order valence-corrected chi connectivity index (χ1v) is 8.91. The zero-order valence-electron chi connectivity index (χ0n) is 15.9. The van der Waals surface area contributed by atoms with Gasteiger partial charge in [0.25, 0.3) is 5.78 Å². The molecule has 0 aromatic heterocycles. The summed E-state index contributed by atoms with van der Waals surface area (Å²) in [5.41, 5.74) is 2.99. The molecular formula is C21H21N3O4. The molecule has 2 aromatic rings. The maximum absolute atomic E-state index is 12.8. The topological polar surface area (TPSA) is 88.1 Å². The van der Waals surface area contributed by atoms with Gasteiger partial charge in [0.2, 0.25) is 0 Å². The van der Waals surface area contributed by atoms with E-state index in [1.54, 1.807) is 49.4 Å². The highest BCUT2D eigenvalue weighted by atomic mass is 16.5. The lowest BCUT2D eigenvalue weighted by atomic mass is 9.95. The summed E-state index contributed by atoms with van der Waals surface area (Å²) in [6.45, 7) is 5.19. The van der Waals surface area contributed by atoms with Gasteiger partial charge in [-0.25, -0.2) is 4.79 Å². The molecule has 0 aliphatic carbocycles. The van der Waals surface area contributed by atoms with Crippen LogP contribution in [0.5, 0.6) is 0 Å². The van der Waals surface area contributed by atoms with E-state index in [4.69, 9.17) is 4.74 Å². The first kappa shape index (κ1) is 19.3. The van der Waals surface area contributed by atoms with Gasteiger partial charge in [0, 0.05) is 5.69 Å². The average molecular weight is 379 g/mol. The number of carbonyl (C=O) groups excluding carboxylic acids is 3. The largest absolute Gasteiger partial charge is 0.464 e. The number of Topliss-reactive ketones (excluding diaryl/α,β-unsaturated/α-hetero) is 1. The van der Waals surface area contributed by atoms with Gasteiger partial charge in [0.1, 0.15) is 0 Å². The maximum atomic E-state index is 12.8. The third kappa shape index (κ3) is 3.26. The smallest absolute Gasteiger partial charge is 0.338 e. The van der Waals surface area contributed by atoms with E-state index in [1.807, 2.05) is 19.1 Å². The molecule has 2 aromatic carbocycles. The summed E-state index contributed by atoms with van der Waals surface area (Å²) < 4.78 is 5.18. The summed E-state index contributed by atoms with van der Waals surface area (Å²) >= 11 is 0. The Hall–Kier alpha value is -3.48. The van der Waals surface area contributed by atoms with Gasteiger partial charge in [0.05, 0.1) is 12.3 Å². The Bertz CT molecular complexity index is 938. The van der Waals surface area contributed by atoms with Crippen molar-refractivity contribution in [1.82, 2.24) is 0 Å². The highest BCUT2D eigenvalue weighted by molar-refractivity contribution is 6.75. The number of aryl methyl sites for hydroxylation is 1. The number of benzene rings is 2.